The van der Waals surface area contributed by atoms with Crippen LogP contribution in [0.4, 0.5) is 0 Å². The van der Waals surface area contributed by atoms with E-state index in [0.29, 0.717) is 0 Å². The van der Waals surface area contributed by atoms with Gasteiger partial charge in [0.05, 0.1) is 17.3 Å². The monoisotopic (exact) mass is 654 g/mol. The Balaban J connectivity index is 1.16. The highest BCUT2D eigenvalue weighted by Gasteiger charge is 2.28. The van der Waals surface area contributed by atoms with Gasteiger partial charge in [-0.15, -0.1) is 0 Å². The highest BCUT2D eigenvalue weighted by molar-refractivity contribution is 6.21. The zero-order valence-electron chi connectivity index (χ0n) is 28.0. The van der Waals surface area contributed by atoms with E-state index < -0.39 is 0 Å². The van der Waals surface area contributed by atoms with Gasteiger partial charge in [-0.2, -0.15) is 0 Å². The molecule has 0 fully saturated rings. The van der Waals surface area contributed by atoms with E-state index in [4.69, 9.17) is 9.41 Å². The summed E-state index contributed by atoms with van der Waals surface area (Å²) in [5.41, 5.74) is 13.4. The van der Waals surface area contributed by atoms with Crippen LogP contribution in [0.15, 0.2) is 196 Å². The number of aliphatic imine (C=N–C) groups is 1. The number of furan rings is 1. The molecule has 2 heterocycles. The van der Waals surface area contributed by atoms with Crippen LogP contribution in [0.3, 0.4) is 0 Å². The van der Waals surface area contributed by atoms with Gasteiger partial charge in [0.25, 0.3) is 0 Å². The fourth-order valence-electron chi connectivity index (χ4n) is 7.83. The van der Waals surface area contributed by atoms with Crippen molar-refractivity contribution < 1.29 is 4.42 Å². The van der Waals surface area contributed by atoms with E-state index in [0.717, 1.165) is 68.4 Å². The van der Waals surface area contributed by atoms with Crippen molar-refractivity contribution in [2.75, 3.05) is 0 Å². The Labute approximate surface area is 297 Å². The summed E-state index contributed by atoms with van der Waals surface area (Å²) in [5, 5.41) is 8.35. The van der Waals surface area contributed by atoms with Crippen molar-refractivity contribution in [1.29, 1.82) is 0 Å². The van der Waals surface area contributed by atoms with Crippen LogP contribution in [0.1, 0.15) is 24.0 Å². The molecule has 1 aromatic heterocycles. The number of benzene rings is 6. The number of amidine groups is 1. The third-order valence-corrected chi connectivity index (χ3v) is 10.4. The summed E-state index contributed by atoms with van der Waals surface area (Å²) >= 11 is 0. The molecule has 242 valence electrons. The van der Waals surface area contributed by atoms with Crippen LogP contribution in [-0.4, -0.2) is 11.9 Å². The van der Waals surface area contributed by atoms with E-state index in [1.165, 1.54) is 38.8 Å². The maximum Gasteiger partial charge on any atom is 0.146 e. The van der Waals surface area contributed by atoms with E-state index in [9.17, 15) is 0 Å². The fraction of sp³-hybridized carbons (Fsp3) is 0.0625. The fourth-order valence-corrected chi connectivity index (χ4v) is 7.83. The molecule has 1 N–H and O–H groups in total. The molecular formula is C48H34N2O. The number of hydrogen-bond donors (Lipinski definition) is 1. The third-order valence-electron chi connectivity index (χ3n) is 10.4. The van der Waals surface area contributed by atoms with Crippen LogP contribution in [0.5, 0.6) is 0 Å². The molecule has 3 nitrogen and oxygen atoms in total. The van der Waals surface area contributed by atoms with Crippen molar-refractivity contribution >= 4 is 44.1 Å². The van der Waals surface area contributed by atoms with E-state index in [-0.39, 0.29) is 6.04 Å². The van der Waals surface area contributed by atoms with Gasteiger partial charge in [-0.3, -0.25) is 0 Å². The standard InChI is InChI=1S/C48H34N2O/c1-3-12-31(13-4-1)33-22-24-34(25-23-33)39-26-27-41(47-45(39)42-29-36-16-7-8-17-37(36)30-44(42)51-47)48-49-43-21-10-9-20-40(43)46(50-48)38-19-11-18-35(28-38)32-14-5-2-6-15-32/h1-10,12-18,20-30,43H,11,19H2,(H,49,50). The van der Waals surface area contributed by atoms with Crippen molar-refractivity contribution in [3.05, 3.63) is 198 Å². The van der Waals surface area contributed by atoms with Gasteiger partial charge in [-0.25, -0.2) is 4.99 Å². The van der Waals surface area contributed by atoms with Crippen LogP contribution < -0.4 is 5.32 Å². The summed E-state index contributed by atoms with van der Waals surface area (Å²) in [6, 6.07) is 47.5. The lowest BCUT2D eigenvalue weighted by atomic mass is 9.88. The molecule has 1 aliphatic heterocycles. The molecule has 0 amide bonds. The minimum Gasteiger partial charge on any atom is -0.455 e. The summed E-state index contributed by atoms with van der Waals surface area (Å²) in [7, 11) is 0. The summed E-state index contributed by atoms with van der Waals surface area (Å²) < 4.78 is 6.90. The van der Waals surface area contributed by atoms with Crippen LogP contribution in [0.2, 0.25) is 0 Å². The Kier molecular flexibility index (Phi) is 7.02. The zero-order chi connectivity index (χ0) is 33.7. The molecule has 3 heteroatoms. The number of nitrogens with zero attached hydrogens (tertiary/aromatic N) is 1. The molecule has 6 aromatic carbocycles. The van der Waals surface area contributed by atoms with Crippen LogP contribution in [0.25, 0.3) is 60.5 Å². The zero-order valence-corrected chi connectivity index (χ0v) is 28.0. The van der Waals surface area contributed by atoms with Crippen LogP contribution >= 0.6 is 0 Å². The van der Waals surface area contributed by atoms with Crippen molar-refractivity contribution in [2.45, 2.75) is 18.9 Å². The lowest BCUT2D eigenvalue weighted by Gasteiger charge is -2.29. The number of nitrogens with one attached hydrogen (secondary N) is 1. The first-order valence-corrected chi connectivity index (χ1v) is 17.7. The number of fused-ring (bicyclic) bond motifs is 5. The first-order valence-electron chi connectivity index (χ1n) is 17.7. The van der Waals surface area contributed by atoms with Crippen LogP contribution in [-0.2, 0) is 0 Å². The molecular weight excluding hydrogens is 621 g/mol. The Morgan fingerprint density at radius 1 is 0.647 bits per heavy atom. The van der Waals surface area contributed by atoms with Gasteiger partial charge in [0.2, 0.25) is 0 Å². The van der Waals surface area contributed by atoms with Crippen LogP contribution in [0, 0.1) is 0 Å². The molecule has 0 spiro atoms. The minimum atomic E-state index is 0.0108. The highest BCUT2D eigenvalue weighted by atomic mass is 16.3. The largest absolute Gasteiger partial charge is 0.455 e. The maximum atomic E-state index is 6.90. The quantitative estimate of drug-likeness (QED) is 0.201. The average molecular weight is 655 g/mol. The molecule has 0 radical (unpaired) electrons. The molecule has 0 bridgehead atoms. The average Bonchev–Trinajstić information content (AvgIpc) is 3.58. The van der Waals surface area contributed by atoms with Gasteiger partial charge >= 0.3 is 0 Å². The van der Waals surface area contributed by atoms with E-state index >= 15 is 0 Å². The molecule has 0 saturated carbocycles. The van der Waals surface area contributed by atoms with Crippen molar-refractivity contribution in [3.8, 4) is 22.3 Å². The van der Waals surface area contributed by atoms with Gasteiger partial charge < -0.3 is 9.73 Å². The van der Waals surface area contributed by atoms with E-state index in [1.54, 1.807) is 0 Å². The highest BCUT2D eigenvalue weighted by Crippen LogP contribution is 2.42. The Bertz CT molecular complexity index is 2680. The molecule has 1 unspecified atom stereocenters. The lowest BCUT2D eigenvalue weighted by molar-refractivity contribution is 0.667. The predicted octanol–water partition coefficient (Wildman–Crippen LogP) is 12.0. The van der Waals surface area contributed by atoms with Crippen molar-refractivity contribution in [2.24, 2.45) is 4.99 Å². The van der Waals surface area contributed by atoms with Gasteiger partial charge in [0.1, 0.15) is 17.0 Å². The Morgan fingerprint density at radius 3 is 2.14 bits per heavy atom. The molecule has 3 aliphatic rings. The van der Waals surface area contributed by atoms with Gasteiger partial charge in [0, 0.05) is 16.3 Å². The Morgan fingerprint density at radius 2 is 1.33 bits per heavy atom. The first kappa shape index (κ1) is 29.5. The van der Waals surface area contributed by atoms with Gasteiger partial charge in [-0.05, 0) is 86.9 Å². The summed E-state index contributed by atoms with van der Waals surface area (Å²) in [4.78, 5) is 5.46. The molecule has 51 heavy (non-hydrogen) atoms. The predicted molar refractivity (Wildman–Crippen MR) is 213 cm³/mol. The second kappa shape index (κ2) is 12.2. The SMILES string of the molecule is C1=CC2=C(C3=CC(c4ccccc4)=CCC3)N=C(c3ccc(-c4ccc(-c5ccccc5)cc4)c4c3oc3cc5ccccc5cc34)NC2C=C1. The second-order valence-electron chi connectivity index (χ2n) is 13.5. The van der Waals surface area contributed by atoms with E-state index in [1.807, 2.05) is 0 Å². The summed E-state index contributed by atoms with van der Waals surface area (Å²) in [6.45, 7) is 0. The number of hydrogen-bond acceptors (Lipinski definition) is 3. The molecule has 7 aromatic rings. The third kappa shape index (κ3) is 5.17. The van der Waals surface area contributed by atoms with Gasteiger partial charge in [0.15, 0.2) is 0 Å². The normalized spacial score (nSPS) is 16.9. The second-order valence-corrected chi connectivity index (χ2v) is 13.5. The Hall–Kier alpha value is -6.45. The molecule has 0 saturated heterocycles. The van der Waals surface area contributed by atoms with Crippen molar-refractivity contribution in [1.82, 2.24) is 5.32 Å². The summed E-state index contributed by atoms with van der Waals surface area (Å²) in [5.74, 6) is 0.829. The van der Waals surface area contributed by atoms with Gasteiger partial charge in [-0.1, -0.05) is 146 Å². The maximum absolute atomic E-state index is 6.90. The number of allylic oxidation sites excluding steroid dienone is 6. The first-order chi connectivity index (χ1) is 25.3. The smallest absolute Gasteiger partial charge is 0.146 e. The van der Waals surface area contributed by atoms with E-state index in [2.05, 4.69) is 175 Å². The minimum absolute atomic E-state index is 0.0108. The number of rotatable bonds is 5. The molecule has 1 atom stereocenters. The van der Waals surface area contributed by atoms with Crippen molar-refractivity contribution in [3.63, 3.8) is 0 Å². The summed E-state index contributed by atoms with van der Waals surface area (Å²) in [6.07, 6.45) is 15.3. The molecule has 10 rings (SSSR count). The lowest BCUT2D eigenvalue weighted by Crippen LogP contribution is -2.39. The topological polar surface area (TPSA) is 37.5 Å². The molecule has 2 aliphatic carbocycles.